The summed E-state index contributed by atoms with van der Waals surface area (Å²) in [5, 5.41) is 12.7. The van der Waals surface area contributed by atoms with Crippen molar-refractivity contribution >= 4 is 34.1 Å². The second kappa shape index (κ2) is 12.6. The van der Waals surface area contributed by atoms with Crippen molar-refractivity contribution in [2.75, 3.05) is 18.5 Å². The topological polar surface area (TPSA) is 83.7 Å². The molecular weight excluding hydrogens is 482 g/mol. The molecule has 3 aromatic rings. The molecule has 1 aliphatic rings. The molecule has 0 bridgehead atoms. The maximum absolute atomic E-state index is 13.7. The Morgan fingerprint density at radius 2 is 1.92 bits per heavy atom. The Bertz CT molecular complexity index is 1340. The molecule has 1 N–H and O–H groups in total. The number of thiophene rings is 1. The first kappa shape index (κ1) is 26.4. The molecule has 4 rings (SSSR count). The average molecular weight is 516 g/mol. The fraction of sp³-hybridized carbons (Fsp3) is 0.367. The van der Waals surface area contributed by atoms with Gasteiger partial charge in [0.05, 0.1) is 12.2 Å². The fourth-order valence-corrected chi connectivity index (χ4v) is 5.77. The Balaban J connectivity index is 1.69. The molecule has 0 unspecified atom stereocenters. The lowest BCUT2D eigenvalue weighted by molar-refractivity contribution is 0.102. The monoisotopic (exact) mass is 515 g/mol. The fourth-order valence-electron chi connectivity index (χ4n) is 4.54. The summed E-state index contributed by atoms with van der Waals surface area (Å²) in [7, 11) is 0. The van der Waals surface area contributed by atoms with Crippen LogP contribution in [-0.2, 0) is 12.8 Å². The van der Waals surface area contributed by atoms with Crippen molar-refractivity contribution in [3.05, 3.63) is 69.1 Å². The first-order valence-corrected chi connectivity index (χ1v) is 13.7. The zero-order valence-electron chi connectivity index (χ0n) is 21.7. The summed E-state index contributed by atoms with van der Waals surface area (Å²) >= 11 is 1.63. The van der Waals surface area contributed by atoms with Crippen LogP contribution in [0.25, 0.3) is 0 Å². The van der Waals surface area contributed by atoms with E-state index in [1.54, 1.807) is 23.6 Å². The van der Waals surface area contributed by atoms with Crippen molar-refractivity contribution < 1.29 is 14.3 Å². The van der Waals surface area contributed by atoms with Gasteiger partial charge in [-0.1, -0.05) is 25.0 Å². The highest BCUT2D eigenvalue weighted by Gasteiger charge is 2.24. The molecule has 1 aliphatic carbocycles. The van der Waals surface area contributed by atoms with Gasteiger partial charge in [0.25, 0.3) is 5.91 Å². The third-order valence-electron chi connectivity index (χ3n) is 6.62. The quantitative estimate of drug-likeness (QED) is 0.318. The third kappa shape index (κ3) is 6.39. The van der Waals surface area contributed by atoms with Crippen LogP contribution in [0.1, 0.15) is 70.1 Å². The van der Waals surface area contributed by atoms with E-state index in [1.165, 1.54) is 17.7 Å². The molecule has 0 radical (unpaired) electrons. The lowest BCUT2D eigenvalue weighted by atomic mass is 9.96. The number of hydrogen-bond donors (Lipinski definition) is 1. The number of benzene rings is 2. The maximum atomic E-state index is 13.7. The Morgan fingerprint density at radius 1 is 1.11 bits per heavy atom. The number of nitriles is 1. The van der Waals surface area contributed by atoms with Gasteiger partial charge < -0.3 is 14.8 Å². The Morgan fingerprint density at radius 3 is 2.70 bits per heavy atom. The van der Waals surface area contributed by atoms with Gasteiger partial charge in [-0.15, -0.1) is 11.3 Å². The number of nitrogens with zero attached hydrogens (tertiary/aromatic N) is 2. The number of carbonyl (C=O) groups is 1. The summed E-state index contributed by atoms with van der Waals surface area (Å²) in [5.41, 5.74) is 5.72. The van der Waals surface area contributed by atoms with Gasteiger partial charge >= 0.3 is 0 Å². The summed E-state index contributed by atoms with van der Waals surface area (Å²) < 4.78 is 11.2. The van der Waals surface area contributed by atoms with Crippen molar-refractivity contribution in [2.24, 2.45) is 4.99 Å². The van der Waals surface area contributed by atoms with Gasteiger partial charge in [0, 0.05) is 16.8 Å². The van der Waals surface area contributed by atoms with Gasteiger partial charge in [-0.25, -0.2) is 4.99 Å². The van der Waals surface area contributed by atoms with E-state index in [1.807, 2.05) is 57.2 Å². The predicted molar refractivity (Wildman–Crippen MR) is 150 cm³/mol. The zero-order valence-corrected chi connectivity index (χ0v) is 22.5. The molecule has 1 aromatic heterocycles. The van der Waals surface area contributed by atoms with E-state index < -0.39 is 0 Å². The first-order chi connectivity index (χ1) is 18.0. The molecule has 2 aromatic carbocycles. The van der Waals surface area contributed by atoms with E-state index in [0.717, 1.165) is 58.6 Å². The molecule has 0 saturated heterocycles. The summed E-state index contributed by atoms with van der Waals surface area (Å²) in [6, 6.07) is 13.4. The van der Waals surface area contributed by atoms with Crippen molar-refractivity contribution in [3.8, 4) is 17.6 Å². The predicted octanol–water partition coefficient (Wildman–Crippen LogP) is 7.33. The Hall–Kier alpha value is -3.63. The second-order valence-electron chi connectivity index (χ2n) is 9.14. The minimum atomic E-state index is -0.103. The zero-order chi connectivity index (χ0) is 26.2. The number of anilines is 1. The van der Waals surface area contributed by atoms with Crippen molar-refractivity contribution in [2.45, 2.75) is 59.3 Å². The van der Waals surface area contributed by atoms with Crippen LogP contribution in [0.5, 0.6) is 11.5 Å². The minimum Gasteiger partial charge on any atom is -0.490 e. The number of aliphatic imine (C=N–C) groups is 1. The summed E-state index contributed by atoms with van der Waals surface area (Å²) in [6.07, 6.45) is 8.28. The summed E-state index contributed by atoms with van der Waals surface area (Å²) in [6.45, 7) is 6.41. The summed E-state index contributed by atoms with van der Waals surface area (Å²) in [5.74, 6) is 0.982. The highest BCUT2D eigenvalue weighted by molar-refractivity contribution is 7.16. The van der Waals surface area contributed by atoms with Crippen LogP contribution in [0.2, 0.25) is 0 Å². The van der Waals surface area contributed by atoms with Gasteiger partial charge in [0.15, 0.2) is 18.1 Å². The molecule has 0 spiro atoms. The number of ether oxygens (including phenoxy) is 2. The van der Waals surface area contributed by atoms with Gasteiger partial charge in [0.2, 0.25) is 0 Å². The molecule has 1 amide bonds. The smallest absolute Gasteiger partial charge is 0.259 e. The number of hydrogen-bond acceptors (Lipinski definition) is 6. The van der Waals surface area contributed by atoms with Gasteiger partial charge in [-0.05, 0) is 93.0 Å². The molecule has 0 saturated carbocycles. The van der Waals surface area contributed by atoms with Crippen molar-refractivity contribution in [1.82, 2.24) is 0 Å². The highest BCUT2D eigenvalue weighted by atomic mass is 32.1. The minimum absolute atomic E-state index is 0.0485. The number of nitrogens with one attached hydrogen (secondary N) is 1. The second-order valence-corrected chi connectivity index (χ2v) is 10.2. The van der Waals surface area contributed by atoms with Crippen molar-refractivity contribution in [3.63, 3.8) is 0 Å². The van der Waals surface area contributed by atoms with Crippen molar-refractivity contribution in [1.29, 1.82) is 5.26 Å². The van der Waals surface area contributed by atoms with E-state index >= 15 is 0 Å². The Labute approximate surface area is 223 Å². The number of aryl methyl sites for hydroxylation is 2. The lowest BCUT2D eigenvalue weighted by Crippen LogP contribution is -2.15. The van der Waals surface area contributed by atoms with Crippen LogP contribution >= 0.6 is 11.3 Å². The molecule has 7 heteroatoms. The van der Waals surface area contributed by atoms with E-state index in [9.17, 15) is 4.79 Å². The first-order valence-electron chi connectivity index (χ1n) is 12.8. The van der Waals surface area contributed by atoms with E-state index in [2.05, 4.69) is 5.32 Å². The molecule has 1 heterocycles. The van der Waals surface area contributed by atoms with Crippen LogP contribution in [0.15, 0.2) is 41.4 Å². The SMILES string of the molecule is CCOc1cc(C=Nc2sc3c(c2C(=O)Nc2cccc(C)c2C)CCCCCC3)ccc1OCC#N. The molecule has 192 valence electrons. The molecule has 0 atom stereocenters. The van der Waals surface area contributed by atoms with Crippen LogP contribution in [0, 0.1) is 25.2 Å². The van der Waals surface area contributed by atoms with Crippen LogP contribution in [0.4, 0.5) is 10.7 Å². The highest BCUT2D eigenvalue weighted by Crippen LogP contribution is 2.39. The molecule has 0 fully saturated rings. The molecule has 37 heavy (non-hydrogen) atoms. The van der Waals surface area contributed by atoms with E-state index in [0.29, 0.717) is 23.7 Å². The van der Waals surface area contributed by atoms with E-state index in [-0.39, 0.29) is 12.5 Å². The van der Waals surface area contributed by atoms with Gasteiger partial charge in [0.1, 0.15) is 11.1 Å². The average Bonchev–Trinajstić information content (AvgIpc) is 3.21. The van der Waals surface area contributed by atoms with Crippen LogP contribution < -0.4 is 14.8 Å². The molecular formula is C30H33N3O3S. The maximum Gasteiger partial charge on any atom is 0.259 e. The normalized spacial score (nSPS) is 13.4. The van der Waals surface area contributed by atoms with Gasteiger partial charge in [-0.3, -0.25) is 4.79 Å². The van der Waals surface area contributed by atoms with Crippen LogP contribution in [0.3, 0.4) is 0 Å². The van der Waals surface area contributed by atoms with Gasteiger partial charge in [-0.2, -0.15) is 5.26 Å². The standard InChI is InChI=1S/C30H33N3O3S/c1-4-35-26-18-22(14-15-25(26)36-17-16-31)19-32-30-28(23-11-7-5-6-8-13-27(23)37-30)29(34)33-24-12-9-10-20(2)21(24)3/h9-10,12,14-15,18-19H,4-8,11,13,17H2,1-3H3,(H,33,34). The number of fused-ring (bicyclic) bond motifs is 1. The Kier molecular flexibility index (Phi) is 8.97. The number of rotatable bonds is 8. The molecule has 0 aliphatic heterocycles. The lowest BCUT2D eigenvalue weighted by Gasteiger charge is -2.13. The third-order valence-corrected chi connectivity index (χ3v) is 7.82. The number of carbonyl (C=O) groups excluding carboxylic acids is 1. The largest absolute Gasteiger partial charge is 0.490 e. The summed E-state index contributed by atoms with van der Waals surface area (Å²) in [4.78, 5) is 19.8. The number of amides is 1. The van der Waals surface area contributed by atoms with Crippen LogP contribution in [-0.4, -0.2) is 25.3 Å². The molecule has 6 nitrogen and oxygen atoms in total. The van der Waals surface area contributed by atoms with E-state index in [4.69, 9.17) is 19.7 Å².